The topological polar surface area (TPSA) is 238 Å². The molecule has 388 valence electrons. The van der Waals surface area contributed by atoms with E-state index in [9.17, 15) is 47.9 Å². The normalized spacial score (nSPS) is 28.8. The maximum Gasteiger partial charge on any atom is 0.245 e. The highest BCUT2D eigenvalue weighted by Gasteiger charge is 2.40. The average molecular weight is 963 g/mol. The van der Waals surface area contributed by atoms with E-state index in [0.717, 1.165) is 0 Å². The molecule has 0 aliphatic carbocycles. The number of rotatable bonds is 8. The molecule has 0 spiro atoms. The van der Waals surface area contributed by atoms with Crippen LogP contribution in [0.1, 0.15) is 123 Å². The minimum atomic E-state index is -1.12. The molecule has 1 heterocycles. The van der Waals surface area contributed by atoms with Crippen LogP contribution in [-0.2, 0) is 47.9 Å². The van der Waals surface area contributed by atoms with Gasteiger partial charge in [-0.1, -0.05) is 55.4 Å². The summed E-state index contributed by atoms with van der Waals surface area (Å²) in [6.45, 7) is 23.8. The molecule has 1 saturated heterocycles. The maximum absolute atomic E-state index is 14.1. The summed E-state index contributed by atoms with van der Waals surface area (Å²) in [7, 11) is 8.47. The first-order chi connectivity index (χ1) is 31.2. The molecule has 0 aromatic rings. The van der Waals surface area contributed by atoms with Crippen LogP contribution in [0.25, 0.3) is 0 Å². The quantitative estimate of drug-likeness (QED) is 0.271. The van der Waals surface area contributed by atoms with Gasteiger partial charge in [-0.05, 0) is 90.9 Å². The van der Waals surface area contributed by atoms with Gasteiger partial charge < -0.3 is 50.7 Å². The lowest BCUT2D eigenvalue weighted by Crippen LogP contribution is -2.61. The van der Waals surface area contributed by atoms with Crippen LogP contribution in [0.2, 0.25) is 0 Å². The molecular weight excluding hydrogens is 877 g/mol. The van der Waals surface area contributed by atoms with Crippen molar-refractivity contribution < 1.29 is 47.9 Å². The molecule has 10 amide bonds. The van der Waals surface area contributed by atoms with Crippen LogP contribution in [0, 0.1) is 23.7 Å². The second kappa shape index (κ2) is 26.5. The number of carbonyl (C=O) groups is 10. The fraction of sp³-hybridized carbons (Fsp3) is 0.792. The summed E-state index contributed by atoms with van der Waals surface area (Å²) in [6.07, 6.45) is 0.745. The Hall–Kier alpha value is -5.30. The Morgan fingerprint density at radius 3 is 0.603 bits per heavy atom. The Morgan fingerprint density at radius 1 is 0.294 bits per heavy atom. The molecule has 68 heavy (non-hydrogen) atoms. The van der Waals surface area contributed by atoms with Gasteiger partial charge in [-0.15, -0.1) is 0 Å². The van der Waals surface area contributed by atoms with E-state index in [-0.39, 0.29) is 49.4 Å². The van der Waals surface area contributed by atoms with E-state index in [0.29, 0.717) is 0 Å². The molecule has 1 rings (SSSR count). The van der Waals surface area contributed by atoms with Crippen molar-refractivity contribution >= 4 is 59.1 Å². The third-order valence-corrected chi connectivity index (χ3v) is 13.1. The maximum atomic E-state index is 14.1. The number of nitrogens with one attached hydrogen (secondary N) is 4. The Bertz CT molecular complexity index is 1700. The van der Waals surface area contributed by atoms with Crippen LogP contribution in [0.4, 0.5) is 0 Å². The van der Waals surface area contributed by atoms with Crippen molar-refractivity contribution in [3.8, 4) is 0 Å². The molecule has 0 unspecified atom stereocenters. The van der Waals surface area contributed by atoms with Crippen LogP contribution < -0.4 is 21.3 Å². The predicted octanol–water partition coefficient (Wildman–Crippen LogP) is 1.21. The van der Waals surface area contributed by atoms with Crippen molar-refractivity contribution in [1.82, 2.24) is 50.7 Å². The lowest BCUT2D eigenvalue weighted by Gasteiger charge is -2.36. The van der Waals surface area contributed by atoms with Gasteiger partial charge in [-0.3, -0.25) is 47.9 Å². The minimum absolute atomic E-state index is 0.0891. The SMILES string of the molecule is CC(C)C[C@@H]1NC(=O)[C@H](C)N(C)C(=O)[C@H](CC(C)C)NC(=O)[C@H](C)N(C)C(=O)[C@@H](C)N(C)C(=O)[C@H](CC(C)C)NC(=O)[C@H](C)N(C)C(=O)[C@H](CC(C)C)NC(=O)[C@H](C)N(C)C(=O)[C@@H](C)N(C)C1=O. The first-order valence-electron chi connectivity index (χ1n) is 24.0. The Labute approximate surface area is 405 Å². The summed E-state index contributed by atoms with van der Waals surface area (Å²) < 4.78 is 0. The molecule has 1 aliphatic rings. The van der Waals surface area contributed by atoms with Gasteiger partial charge in [-0.2, -0.15) is 0 Å². The number of hydrogen-bond donors (Lipinski definition) is 4. The fourth-order valence-corrected chi connectivity index (χ4v) is 7.69. The van der Waals surface area contributed by atoms with Crippen molar-refractivity contribution in [3.05, 3.63) is 0 Å². The highest BCUT2D eigenvalue weighted by molar-refractivity contribution is 5.99. The van der Waals surface area contributed by atoms with E-state index in [1.807, 2.05) is 55.4 Å². The first-order valence-corrected chi connectivity index (χ1v) is 24.0. The third-order valence-electron chi connectivity index (χ3n) is 13.1. The molecule has 1 aliphatic heterocycles. The standard InChI is InChI=1S/C48H86N10O10/c1-25(2)21-35-45(65)55(17)31(11)41(61)51-37(23-27(5)6)47(67)58(20)34(14)44(64)54(16)30(10)40(60)50-36(22-26(3)4)46(66)56(18)32(12)42(62)52-38(24-28(7)8)48(68)57(19)33(13)43(63)53(15)29(9)39(59)49-35/h25-38H,21-24H2,1-20H3,(H,49,59)(H,50,60)(H,51,61)(H,52,62)/t29-,30-,31-,32-,33+,34+,35-,36-,37-,38-/m0/s1. The molecule has 0 aromatic carbocycles. The summed E-state index contributed by atoms with van der Waals surface area (Å²) in [4.78, 5) is 147. The smallest absolute Gasteiger partial charge is 0.245 e. The number of carbonyl (C=O) groups excluding carboxylic acids is 10. The van der Waals surface area contributed by atoms with Crippen molar-refractivity contribution in [1.29, 1.82) is 0 Å². The Morgan fingerprint density at radius 2 is 0.441 bits per heavy atom. The van der Waals surface area contributed by atoms with Crippen molar-refractivity contribution in [3.63, 3.8) is 0 Å². The molecule has 1 fully saturated rings. The third kappa shape index (κ3) is 16.4. The number of nitrogens with zero attached hydrogens (tertiary/aromatic N) is 6. The zero-order valence-corrected chi connectivity index (χ0v) is 44.7. The van der Waals surface area contributed by atoms with Crippen LogP contribution in [-0.4, -0.2) is 191 Å². The Balaban J connectivity index is 3.90. The molecule has 20 heteroatoms. The largest absolute Gasteiger partial charge is 0.343 e. The average Bonchev–Trinajstić information content (AvgIpc) is 3.27. The van der Waals surface area contributed by atoms with E-state index in [1.54, 1.807) is 0 Å². The van der Waals surface area contributed by atoms with Gasteiger partial charge in [-0.25, -0.2) is 0 Å². The predicted molar refractivity (Wildman–Crippen MR) is 259 cm³/mol. The second-order valence-electron chi connectivity index (χ2n) is 20.5. The van der Waals surface area contributed by atoms with Crippen molar-refractivity contribution in [2.24, 2.45) is 23.7 Å². The van der Waals surface area contributed by atoms with Crippen LogP contribution in [0.5, 0.6) is 0 Å². The van der Waals surface area contributed by atoms with Gasteiger partial charge in [0, 0.05) is 42.3 Å². The monoisotopic (exact) mass is 963 g/mol. The van der Waals surface area contributed by atoms with Gasteiger partial charge in [0.15, 0.2) is 0 Å². The molecular formula is C48H86N10O10. The molecule has 0 saturated carbocycles. The molecule has 20 nitrogen and oxygen atoms in total. The fourth-order valence-electron chi connectivity index (χ4n) is 7.69. The highest BCUT2D eigenvalue weighted by atomic mass is 16.2. The lowest BCUT2D eigenvalue weighted by atomic mass is 10.00. The van der Waals surface area contributed by atoms with E-state index in [2.05, 4.69) is 21.3 Å². The van der Waals surface area contributed by atoms with Crippen molar-refractivity contribution in [2.75, 3.05) is 42.3 Å². The zero-order chi connectivity index (χ0) is 53.0. The zero-order valence-electron chi connectivity index (χ0n) is 44.7. The van der Waals surface area contributed by atoms with E-state index in [1.165, 1.54) is 113 Å². The van der Waals surface area contributed by atoms with Crippen LogP contribution >= 0.6 is 0 Å². The molecule has 4 N–H and O–H groups in total. The summed E-state index contributed by atoms with van der Waals surface area (Å²) in [5.41, 5.74) is 0. The van der Waals surface area contributed by atoms with Gasteiger partial charge in [0.1, 0.15) is 60.4 Å². The number of amides is 10. The van der Waals surface area contributed by atoms with Crippen LogP contribution in [0.15, 0.2) is 0 Å². The lowest BCUT2D eigenvalue weighted by molar-refractivity contribution is -0.150. The van der Waals surface area contributed by atoms with Gasteiger partial charge >= 0.3 is 0 Å². The Kier molecular flexibility index (Phi) is 23.6. The van der Waals surface area contributed by atoms with Gasteiger partial charge in [0.25, 0.3) is 0 Å². The van der Waals surface area contributed by atoms with Gasteiger partial charge in [0.05, 0.1) is 0 Å². The van der Waals surface area contributed by atoms with Gasteiger partial charge in [0.2, 0.25) is 59.1 Å². The van der Waals surface area contributed by atoms with Crippen molar-refractivity contribution in [2.45, 2.75) is 183 Å². The summed E-state index contributed by atoms with van der Waals surface area (Å²) >= 11 is 0. The number of likely N-dealkylation sites (N-methyl/N-ethyl adjacent to an activating group) is 6. The first kappa shape index (κ1) is 60.7. The summed E-state index contributed by atoms with van der Waals surface area (Å²) in [5, 5.41) is 11.1. The second-order valence-corrected chi connectivity index (χ2v) is 20.5. The molecule has 0 bridgehead atoms. The minimum Gasteiger partial charge on any atom is -0.343 e. The summed E-state index contributed by atoms with van der Waals surface area (Å²) in [5.74, 6) is -6.52. The highest BCUT2D eigenvalue weighted by Crippen LogP contribution is 2.18. The molecule has 0 aromatic heterocycles. The number of hydrogen-bond acceptors (Lipinski definition) is 10. The van der Waals surface area contributed by atoms with Crippen LogP contribution in [0.3, 0.4) is 0 Å². The molecule has 0 radical (unpaired) electrons. The van der Waals surface area contributed by atoms with E-state index >= 15 is 0 Å². The van der Waals surface area contributed by atoms with E-state index in [4.69, 9.17) is 0 Å². The van der Waals surface area contributed by atoms with E-state index < -0.39 is 119 Å². The summed E-state index contributed by atoms with van der Waals surface area (Å²) in [6, 6.07) is -11.1. The molecule has 10 atom stereocenters.